The lowest BCUT2D eigenvalue weighted by molar-refractivity contribution is -0.164. The fraction of sp³-hybridized carbons (Fsp3) is 0.700. The Balaban J connectivity index is 2.30. The number of ether oxygens (including phenoxy) is 2. The van der Waals surface area contributed by atoms with Crippen LogP contribution in [0.3, 0.4) is 0 Å². The van der Waals surface area contributed by atoms with Crippen LogP contribution in [0.5, 0.6) is 0 Å². The zero-order valence-electron chi connectivity index (χ0n) is 8.65. The van der Waals surface area contributed by atoms with Gasteiger partial charge in [-0.05, 0) is 12.8 Å². The second-order valence-electron chi connectivity index (χ2n) is 3.53. The molecule has 0 heterocycles. The number of hydrogen-bond acceptors (Lipinski definition) is 5. The molecule has 0 aromatic rings. The van der Waals surface area contributed by atoms with E-state index in [2.05, 4.69) is 9.47 Å². The summed E-state index contributed by atoms with van der Waals surface area (Å²) in [6.07, 6.45) is 3.01. The molecule has 15 heavy (non-hydrogen) atoms. The van der Waals surface area contributed by atoms with Crippen LogP contribution >= 0.6 is 0 Å². The molecule has 1 rings (SSSR count). The van der Waals surface area contributed by atoms with Crippen LogP contribution in [0.25, 0.3) is 0 Å². The highest BCUT2D eigenvalue weighted by Crippen LogP contribution is 2.25. The summed E-state index contributed by atoms with van der Waals surface area (Å²) in [4.78, 5) is 33.1. The lowest BCUT2D eigenvalue weighted by atomic mass is 10.1. The Morgan fingerprint density at radius 1 is 1.13 bits per heavy atom. The number of rotatable bonds is 3. The standard InChI is InChI=1S/C10H14O5/c1-14-8(11)6-9(12)15-10(13)7-4-2-3-5-7/h7H,2-6H2,1H3. The lowest BCUT2D eigenvalue weighted by Gasteiger charge is -2.06. The minimum Gasteiger partial charge on any atom is -0.469 e. The molecule has 5 nitrogen and oxygen atoms in total. The molecule has 0 radical (unpaired) electrons. The van der Waals surface area contributed by atoms with Gasteiger partial charge in [-0.1, -0.05) is 12.8 Å². The summed E-state index contributed by atoms with van der Waals surface area (Å²) in [5.74, 6) is -2.22. The van der Waals surface area contributed by atoms with Crippen molar-refractivity contribution in [3.05, 3.63) is 0 Å². The first-order valence-corrected chi connectivity index (χ1v) is 4.95. The van der Waals surface area contributed by atoms with Gasteiger partial charge >= 0.3 is 17.9 Å². The molecule has 1 aliphatic rings. The van der Waals surface area contributed by atoms with Crippen molar-refractivity contribution in [3.63, 3.8) is 0 Å². The number of carbonyl (C=O) groups is 3. The zero-order chi connectivity index (χ0) is 11.3. The van der Waals surface area contributed by atoms with Crippen LogP contribution < -0.4 is 0 Å². The summed E-state index contributed by atoms with van der Waals surface area (Å²) in [6.45, 7) is 0. The summed E-state index contributed by atoms with van der Waals surface area (Å²) in [7, 11) is 1.18. The van der Waals surface area contributed by atoms with Crippen LogP contribution in [0.15, 0.2) is 0 Å². The van der Waals surface area contributed by atoms with Crippen molar-refractivity contribution >= 4 is 17.9 Å². The van der Waals surface area contributed by atoms with Gasteiger partial charge in [-0.3, -0.25) is 14.4 Å². The van der Waals surface area contributed by atoms with Crippen LogP contribution in [0.2, 0.25) is 0 Å². The van der Waals surface area contributed by atoms with Crippen LogP contribution in [-0.4, -0.2) is 25.0 Å². The number of hydrogen-bond donors (Lipinski definition) is 0. The van der Waals surface area contributed by atoms with Gasteiger partial charge in [0.2, 0.25) is 0 Å². The Hall–Kier alpha value is -1.39. The van der Waals surface area contributed by atoms with Gasteiger partial charge in [-0.2, -0.15) is 0 Å². The minimum atomic E-state index is -0.834. The van der Waals surface area contributed by atoms with Crippen molar-refractivity contribution in [2.24, 2.45) is 5.92 Å². The third-order valence-corrected chi connectivity index (χ3v) is 2.42. The predicted octanol–water partition coefficient (Wildman–Crippen LogP) is 0.809. The van der Waals surface area contributed by atoms with Gasteiger partial charge in [0.15, 0.2) is 0 Å². The van der Waals surface area contributed by atoms with E-state index in [-0.39, 0.29) is 5.92 Å². The average Bonchev–Trinajstić information content (AvgIpc) is 2.70. The highest BCUT2D eigenvalue weighted by atomic mass is 16.6. The SMILES string of the molecule is COC(=O)CC(=O)OC(=O)C1CCCC1. The van der Waals surface area contributed by atoms with E-state index in [4.69, 9.17) is 0 Å². The second kappa shape index (κ2) is 5.48. The number of esters is 3. The average molecular weight is 214 g/mol. The smallest absolute Gasteiger partial charge is 0.324 e. The summed E-state index contributed by atoms with van der Waals surface area (Å²) in [5, 5.41) is 0. The van der Waals surface area contributed by atoms with E-state index in [1.807, 2.05) is 0 Å². The van der Waals surface area contributed by atoms with Gasteiger partial charge < -0.3 is 9.47 Å². The Morgan fingerprint density at radius 2 is 1.73 bits per heavy atom. The molecule has 0 saturated heterocycles. The molecule has 0 unspecified atom stereocenters. The molecule has 0 bridgehead atoms. The van der Waals surface area contributed by atoms with Crippen molar-refractivity contribution in [2.75, 3.05) is 7.11 Å². The van der Waals surface area contributed by atoms with E-state index in [9.17, 15) is 14.4 Å². The molecular formula is C10H14O5. The van der Waals surface area contributed by atoms with E-state index in [1.165, 1.54) is 7.11 Å². The highest BCUT2D eigenvalue weighted by Gasteiger charge is 2.26. The van der Waals surface area contributed by atoms with E-state index in [0.29, 0.717) is 0 Å². The van der Waals surface area contributed by atoms with Crippen molar-refractivity contribution in [1.29, 1.82) is 0 Å². The third-order valence-electron chi connectivity index (χ3n) is 2.42. The zero-order valence-corrected chi connectivity index (χ0v) is 8.65. The topological polar surface area (TPSA) is 69.7 Å². The van der Waals surface area contributed by atoms with Crippen LogP contribution in [0, 0.1) is 5.92 Å². The second-order valence-corrected chi connectivity index (χ2v) is 3.53. The maximum atomic E-state index is 11.3. The monoisotopic (exact) mass is 214 g/mol. The van der Waals surface area contributed by atoms with Crippen LogP contribution in [0.4, 0.5) is 0 Å². The maximum absolute atomic E-state index is 11.3. The Kier molecular flexibility index (Phi) is 4.27. The van der Waals surface area contributed by atoms with E-state index in [1.54, 1.807) is 0 Å². The highest BCUT2D eigenvalue weighted by molar-refractivity contribution is 5.96. The van der Waals surface area contributed by atoms with E-state index in [0.717, 1.165) is 25.7 Å². The molecule has 1 aliphatic carbocycles. The molecule has 1 saturated carbocycles. The van der Waals surface area contributed by atoms with Crippen molar-refractivity contribution < 1.29 is 23.9 Å². The quantitative estimate of drug-likeness (QED) is 0.513. The molecule has 0 aliphatic heterocycles. The Morgan fingerprint density at radius 3 is 2.27 bits per heavy atom. The van der Waals surface area contributed by atoms with Gasteiger partial charge in [0.25, 0.3) is 0 Å². The summed E-state index contributed by atoms with van der Waals surface area (Å²) in [5.41, 5.74) is 0. The molecule has 0 N–H and O–H groups in total. The fourth-order valence-corrected chi connectivity index (χ4v) is 1.58. The molecule has 0 atom stereocenters. The molecule has 1 fully saturated rings. The molecular weight excluding hydrogens is 200 g/mol. The maximum Gasteiger partial charge on any atom is 0.324 e. The molecule has 5 heteroatoms. The molecule has 0 spiro atoms. The van der Waals surface area contributed by atoms with Crippen LogP contribution in [-0.2, 0) is 23.9 Å². The van der Waals surface area contributed by atoms with E-state index < -0.39 is 24.3 Å². The normalized spacial score (nSPS) is 16.1. The summed E-state index contributed by atoms with van der Waals surface area (Å²) >= 11 is 0. The lowest BCUT2D eigenvalue weighted by Crippen LogP contribution is -2.21. The molecule has 0 aromatic heterocycles. The Labute approximate surface area is 87.7 Å². The van der Waals surface area contributed by atoms with E-state index >= 15 is 0 Å². The first-order valence-electron chi connectivity index (χ1n) is 4.95. The molecule has 0 aromatic carbocycles. The van der Waals surface area contributed by atoms with Gasteiger partial charge in [-0.15, -0.1) is 0 Å². The third kappa shape index (κ3) is 3.69. The number of carbonyl (C=O) groups excluding carboxylic acids is 3. The van der Waals surface area contributed by atoms with Gasteiger partial charge in [0.05, 0.1) is 13.0 Å². The predicted molar refractivity (Wildman–Crippen MR) is 49.7 cm³/mol. The summed E-state index contributed by atoms with van der Waals surface area (Å²) in [6, 6.07) is 0. The largest absolute Gasteiger partial charge is 0.469 e. The first-order chi connectivity index (χ1) is 7.13. The molecule has 84 valence electrons. The first kappa shape index (κ1) is 11.7. The number of methoxy groups -OCH3 is 1. The fourth-order valence-electron chi connectivity index (χ4n) is 1.58. The van der Waals surface area contributed by atoms with Crippen molar-refractivity contribution in [2.45, 2.75) is 32.1 Å². The minimum absolute atomic E-state index is 0.174. The van der Waals surface area contributed by atoms with Crippen molar-refractivity contribution in [1.82, 2.24) is 0 Å². The van der Waals surface area contributed by atoms with Gasteiger partial charge in [0, 0.05) is 0 Å². The van der Waals surface area contributed by atoms with Crippen molar-refractivity contribution in [3.8, 4) is 0 Å². The summed E-state index contributed by atoms with van der Waals surface area (Å²) < 4.78 is 8.80. The molecule has 0 amide bonds. The van der Waals surface area contributed by atoms with Gasteiger partial charge in [0.1, 0.15) is 6.42 Å². The Bertz CT molecular complexity index is 265. The van der Waals surface area contributed by atoms with Crippen LogP contribution in [0.1, 0.15) is 32.1 Å². The van der Waals surface area contributed by atoms with Gasteiger partial charge in [-0.25, -0.2) is 0 Å².